The third kappa shape index (κ3) is 5.15. The minimum Gasteiger partial charge on any atom is -0.493 e. The van der Waals surface area contributed by atoms with E-state index in [1.807, 2.05) is 23.6 Å². The molecule has 174 valence electrons. The molecule has 34 heavy (non-hydrogen) atoms. The Morgan fingerprint density at radius 1 is 1.24 bits per heavy atom. The number of hydrogen-bond donors (Lipinski definition) is 0. The minimum atomic E-state index is -2.99. The molecule has 7 nitrogen and oxygen atoms in total. The Balaban J connectivity index is 1.57. The Hall–Kier alpha value is -3.97. The summed E-state index contributed by atoms with van der Waals surface area (Å²) in [6, 6.07) is 16.3. The van der Waals surface area contributed by atoms with E-state index in [1.165, 1.54) is 29.5 Å². The van der Waals surface area contributed by atoms with E-state index in [0.29, 0.717) is 23.3 Å². The average molecular weight is 483 g/mol. The molecule has 1 unspecified atom stereocenters. The number of carbonyl (C=O) groups is 1. The second kappa shape index (κ2) is 10.3. The van der Waals surface area contributed by atoms with Gasteiger partial charge in [-0.25, -0.2) is 5.01 Å². The van der Waals surface area contributed by atoms with Crippen molar-refractivity contribution in [3.63, 3.8) is 0 Å². The summed E-state index contributed by atoms with van der Waals surface area (Å²) < 4.78 is 40.7. The fourth-order valence-electron chi connectivity index (χ4n) is 3.51. The van der Waals surface area contributed by atoms with Crippen LogP contribution in [0.15, 0.2) is 65.1 Å². The summed E-state index contributed by atoms with van der Waals surface area (Å²) >= 11 is 1.51. The zero-order valence-corrected chi connectivity index (χ0v) is 18.8. The number of ether oxygens (including phenoxy) is 3. The van der Waals surface area contributed by atoms with Gasteiger partial charge in [0.05, 0.1) is 35.4 Å². The van der Waals surface area contributed by atoms with E-state index in [-0.39, 0.29) is 24.0 Å². The second-order valence-corrected chi connectivity index (χ2v) is 8.14. The van der Waals surface area contributed by atoms with Crippen molar-refractivity contribution in [1.29, 1.82) is 5.26 Å². The molecule has 1 amide bonds. The number of amides is 1. The number of methoxy groups -OCH3 is 1. The molecule has 0 N–H and O–H groups in total. The highest BCUT2D eigenvalue weighted by atomic mass is 32.1. The Labute approximate surface area is 198 Å². The van der Waals surface area contributed by atoms with Crippen LogP contribution < -0.4 is 14.2 Å². The molecule has 0 spiro atoms. The molecule has 3 aromatic rings. The number of hydrogen-bond acceptors (Lipinski definition) is 7. The van der Waals surface area contributed by atoms with Crippen molar-refractivity contribution >= 4 is 23.0 Å². The van der Waals surface area contributed by atoms with Crippen LogP contribution in [0.1, 0.15) is 28.5 Å². The van der Waals surface area contributed by atoms with Crippen LogP contribution in [-0.2, 0) is 4.79 Å². The molecule has 0 saturated heterocycles. The highest BCUT2D eigenvalue weighted by molar-refractivity contribution is 7.12. The highest BCUT2D eigenvalue weighted by Gasteiger charge is 2.34. The summed E-state index contributed by atoms with van der Waals surface area (Å²) in [6.07, 6.45) is 0.432. The first-order valence-electron chi connectivity index (χ1n) is 10.2. The lowest BCUT2D eigenvalue weighted by atomic mass is 10.0. The Morgan fingerprint density at radius 3 is 2.68 bits per heavy atom. The molecule has 0 fully saturated rings. The fourth-order valence-corrected chi connectivity index (χ4v) is 4.23. The summed E-state index contributed by atoms with van der Waals surface area (Å²) in [7, 11) is 1.36. The summed E-state index contributed by atoms with van der Waals surface area (Å²) in [5.41, 5.74) is 1.87. The molecule has 2 aromatic carbocycles. The lowest BCUT2D eigenvalue weighted by Gasteiger charge is -2.23. The van der Waals surface area contributed by atoms with Gasteiger partial charge in [0.15, 0.2) is 18.1 Å². The van der Waals surface area contributed by atoms with Crippen LogP contribution in [0.2, 0.25) is 0 Å². The van der Waals surface area contributed by atoms with E-state index in [2.05, 4.69) is 9.84 Å². The van der Waals surface area contributed by atoms with Crippen molar-refractivity contribution in [3.05, 3.63) is 76.0 Å². The number of thiophene rings is 1. The number of hydrazone groups is 1. The number of halogens is 2. The summed E-state index contributed by atoms with van der Waals surface area (Å²) in [5.74, 6) is 0.0952. The normalized spacial score (nSPS) is 15.1. The molecule has 1 aliphatic rings. The van der Waals surface area contributed by atoms with E-state index >= 15 is 0 Å². The standard InChI is InChI=1S/C24H19F2N3O4S/c1-31-21-11-16(6-9-20(21)33-24(25)26)19-12-18(22-3-2-10-34-22)28-29(19)23(30)14-32-17-7-4-15(13-27)5-8-17/h2-11,19,24H,12,14H2,1H3. The lowest BCUT2D eigenvalue weighted by Crippen LogP contribution is -2.31. The van der Waals surface area contributed by atoms with Crippen molar-refractivity contribution < 1.29 is 27.8 Å². The third-order valence-electron chi connectivity index (χ3n) is 5.11. The van der Waals surface area contributed by atoms with E-state index < -0.39 is 12.7 Å². The van der Waals surface area contributed by atoms with Gasteiger partial charge in [0.1, 0.15) is 5.75 Å². The molecule has 0 saturated carbocycles. The monoisotopic (exact) mass is 483 g/mol. The second-order valence-electron chi connectivity index (χ2n) is 7.20. The van der Waals surface area contributed by atoms with Gasteiger partial charge < -0.3 is 14.2 Å². The molecular weight excluding hydrogens is 464 g/mol. The molecule has 0 radical (unpaired) electrons. The molecule has 2 heterocycles. The topological polar surface area (TPSA) is 84.1 Å². The lowest BCUT2D eigenvalue weighted by molar-refractivity contribution is -0.135. The number of nitriles is 1. The van der Waals surface area contributed by atoms with Gasteiger partial charge in [-0.3, -0.25) is 4.79 Å². The first kappa shape index (κ1) is 23.2. The number of alkyl halides is 2. The molecule has 1 aromatic heterocycles. The van der Waals surface area contributed by atoms with Gasteiger partial charge >= 0.3 is 6.61 Å². The van der Waals surface area contributed by atoms with Crippen molar-refractivity contribution in [1.82, 2.24) is 5.01 Å². The largest absolute Gasteiger partial charge is 0.493 e. The third-order valence-corrected chi connectivity index (χ3v) is 6.02. The highest BCUT2D eigenvalue weighted by Crippen LogP contribution is 2.38. The Morgan fingerprint density at radius 2 is 2.03 bits per heavy atom. The predicted molar refractivity (Wildman–Crippen MR) is 121 cm³/mol. The predicted octanol–water partition coefficient (Wildman–Crippen LogP) is 4.99. The summed E-state index contributed by atoms with van der Waals surface area (Å²) in [6.45, 7) is -3.26. The minimum absolute atomic E-state index is 0.0966. The average Bonchev–Trinajstić information content (AvgIpc) is 3.53. The number of benzene rings is 2. The molecule has 4 rings (SSSR count). The van der Waals surface area contributed by atoms with Crippen molar-refractivity contribution in [2.75, 3.05) is 13.7 Å². The maximum atomic E-state index is 13.1. The van der Waals surface area contributed by atoms with E-state index in [1.54, 1.807) is 36.4 Å². The van der Waals surface area contributed by atoms with Gasteiger partial charge in [0.25, 0.3) is 5.91 Å². The quantitative estimate of drug-likeness (QED) is 0.451. The van der Waals surface area contributed by atoms with Gasteiger partial charge in [-0.05, 0) is 53.4 Å². The molecule has 0 bridgehead atoms. The van der Waals surface area contributed by atoms with Crippen molar-refractivity contribution in [3.8, 4) is 23.3 Å². The SMILES string of the molecule is COc1cc(C2CC(c3cccs3)=NN2C(=O)COc2ccc(C#N)cc2)ccc1OC(F)F. The van der Waals surface area contributed by atoms with Crippen molar-refractivity contribution in [2.45, 2.75) is 19.1 Å². The summed E-state index contributed by atoms with van der Waals surface area (Å²) in [4.78, 5) is 14.0. The van der Waals surface area contributed by atoms with E-state index in [9.17, 15) is 13.6 Å². The molecule has 0 aliphatic carbocycles. The first-order valence-corrected chi connectivity index (χ1v) is 11.1. The number of rotatable bonds is 8. The molecular formula is C24H19F2N3O4S. The fraction of sp³-hybridized carbons (Fsp3) is 0.208. The molecule has 1 atom stereocenters. The van der Waals surface area contributed by atoms with Crippen LogP contribution >= 0.6 is 11.3 Å². The first-order chi connectivity index (χ1) is 16.5. The van der Waals surface area contributed by atoms with Gasteiger partial charge in [0, 0.05) is 6.42 Å². The summed E-state index contributed by atoms with van der Waals surface area (Å²) in [5, 5.41) is 16.7. The maximum Gasteiger partial charge on any atom is 0.387 e. The number of nitrogens with zero attached hydrogens (tertiary/aromatic N) is 3. The van der Waals surface area contributed by atoms with Gasteiger partial charge in [-0.15, -0.1) is 11.3 Å². The maximum absolute atomic E-state index is 13.1. The van der Waals surface area contributed by atoms with Crippen LogP contribution in [0.4, 0.5) is 8.78 Å². The zero-order valence-electron chi connectivity index (χ0n) is 18.0. The Bertz CT molecular complexity index is 1220. The van der Waals surface area contributed by atoms with Gasteiger partial charge in [0.2, 0.25) is 0 Å². The van der Waals surface area contributed by atoms with Crippen LogP contribution in [-0.4, -0.2) is 37.0 Å². The van der Waals surface area contributed by atoms with Crippen LogP contribution in [0, 0.1) is 11.3 Å². The van der Waals surface area contributed by atoms with Crippen LogP contribution in [0.25, 0.3) is 0 Å². The van der Waals surface area contributed by atoms with Gasteiger partial charge in [-0.2, -0.15) is 19.1 Å². The number of carbonyl (C=O) groups excluding carboxylic acids is 1. The molecule has 1 aliphatic heterocycles. The van der Waals surface area contributed by atoms with Crippen LogP contribution in [0.3, 0.4) is 0 Å². The van der Waals surface area contributed by atoms with Gasteiger partial charge in [-0.1, -0.05) is 12.1 Å². The molecule has 10 heteroatoms. The van der Waals surface area contributed by atoms with Crippen LogP contribution in [0.5, 0.6) is 17.2 Å². The zero-order chi connectivity index (χ0) is 24.1. The smallest absolute Gasteiger partial charge is 0.387 e. The van der Waals surface area contributed by atoms with E-state index in [0.717, 1.165) is 10.6 Å². The Kier molecular flexibility index (Phi) is 7.04. The van der Waals surface area contributed by atoms with Crippen molar-refractivity contribution in [2.24, 2.45) is 5.10 Å². The van der Waals surface area contributed by atoms with E-state index in [4.69, 9.17) is 14.7 Å².